The summed E-state index contributed by atoms with van der Waals surface area (Å²) in [5, 5.41) is 0. The summed E-state index contributed by atoms with van der Waals surface area (Å²) in [5.74, 6) is 0.244. The van der Waals surface area contributed by atoms with Crippen LogP contribution >= 0.6 is 0 Å². The largest absolute Gasteiger partial charge is 0.375 e. The number of amides is 1. The SMILES string of the molecule is CN(C(=O)Cc1ccccc1)C1CC[C@@]2(CCCO2)C[C@@H]1N1CCCC1. The first-order chi connectivity index (χ1) is 12.7. The molecule has 3 aliphatic rings. The zero-order chi connectivity index (χ0) is 18.0. The average Bonchev–Trinajstić information content (AvgIpc) is 3.34. The van der Waals surface area contributed by atoms with Crippen LogP contribution in [0.1, 0.15) is 50.5 Å². The molecule has 2 aliphatic heterocycles. The molecular weight excluding hydrogens is 324 g/mol. The molecular formula is C22H32N2O2. The topological polar surface area (TPSA) is 32.8 Å². The Bertz CT molecular complexity index is 606. The van der Waals surface area contributed by atoms with Crippen molar-refractivity contribution < 1.29 is 9.53 Å². The van der Waals surface area contributed by atoms with Crippen LogP contribution in [0.15, 0.2) is 30.3 Å². The van der Waals surface area contributed by atoms with Crippen molar-refractivity contribution >= 4 is 5.91 Å². The quantitative estimate of drug-likeness (QED) is 0.830. The maximum absolute atomic E-state index is 13.0. The fourth-order valence-corrected chi connectivity index (χ4v) is 5.31. The van der Waals surface area contributed by atoms with Crippen molar-refractivity contribution in [1.82, 2.24) is 9.80 Å². The van der Waals surface area contributed by atoms with E-state index in [1.165, 1.54) is 38.8 Å². The molecule has 3 fully saturated rings. The fourth-order valence-electron chi connectivity index (χ4n) is 5.31. The molecule has 4 nitrogen and oxygen atoms in total. The maximum Gasteiger partial charge on any atom is 0.227 e. The molecule has 0 aromatic heterocycles. The molecule has 1 aromatic carbocycles. The van der Waals surface area contributed by atoms with E-state index < -0.39 is 0 Å². The molecule has 3 atom stereocenters. The molecule has 2 heterocycles. The van der Waals surface area contributed by atoms with Gasteiger partial charge >= 0.3 is 0 Å². The standard InChI is InChI=1S/C22H32N2O2/c1-23(21(25)16-18-8-3-2-4-9-18)19-10-12-22(11-7-15-26-22)17-20(19)24-13-5-6-14-24/h2-4,8-9,19-20H,5-7,10-17H2,1H3/t19?,20-,22-/m0/s1. The number of carbonyl (C=O) groups is 1. The molecule has 1 aromatic rings. The van der Waals surface area contributed by atoms with Crippen LogP contribution in [-0.4, -0.2) is 60.1 Å². The maximum atomic E-state index is 13.0. The van der Waals surface area contributed by atoms with E-state index in [1.807, 2.05) is 37.4 Å². The Balaban J connectivity index is 1.48. The van der Waals surface area contributed by atoms with Crippen molar-refractivity contribution in [2.75, 3.05) is 26.7 Å². The highest BCUT2D eigenvalue weighted by atomic mass is 16.5. The van der Waals surface area contributed by atoms with Gasteiger partial charge in [0.2, 0.25) is 5.91 Å². The third kappa shape index (κ3) is 3.67. The number of hydrogen-bond donors (Lipinski definition) is 0. The van der Waals surface area contributed by atoms with E-state index >= 15 is 0 Å². The average molecular weight is 357 g/mol. The summed E-state index contributed by atoms with van der Waals surface area (Å²) in [4.78, 5) is 17.7. The Labute approximate surface area is 157 Å². The van der Waals surface area contributed by atoms with E-state index in [4.69, 9.17) is 4.74 Å². The van der Waals surface area contributed by atoms with E-state index in [9.17, 15) is 4.79 Å². The van der Waals surface area contributed by atoms with Gasteiger partial charge in [-0.1, -0.05) is 30.3 Å². The van der Waals surface area contributed by atoms with E-state index in [0.29, 0.717) is 18.5 Å². The number of benzene rings is 1. The summed E-state index contributed by atoms with van der Waals surface area (Å²) in [7, 11) is 2.02. The van der Waals surface area contributed by atoms with Crippen LogP contribution in [0.25, 0.3) is 0 Å². The van der Waals surface area contributed by atoms with Crippen molar-refractivity contribution in [3.63, 3.8) is 0 Å². The fraction of sp³-hybridized carbons (Fsp3) is 0.682. The number of likely N-dealkylation sites (tertiary alicyclic amines) is 1. The predicted molar refractivity (Wildman–Crippen MR) is 103 cm³/mol. The second-order valence-electron chi connectivity index (χ2n) is 8.42. The van der Waals surface area contributed by atoms with Gasteiger partial charge in [0.1, 0.15) is 0 Å². The van der Waals surface area contributed by atoms with Gasteiger partial charge in [0, 0.05) is 25.7 Å². The number of nitrogens with zero attached hydrogens (tertiary/aromatic N) is 2. The Kier molecular flexibility index (Phi) is 5.32. The summed E-state index contributed by atoms with van der Waals surface area (Å²) < 4.78 is 6.23. The Morgan fingerprint density at radius 3 is 2.65 bits per heavy atom. The molecule has 0 radical (unpaired) electrons. The highest BCUT2D eigenvalue weighted by Gasteiger charge is 2.47. The van der Waals surface area contributed by atoms with Crippen molar-refractivity contribution in [2.24, 2.45) is 0 Å². The second kappa shape index (κ2) is 7.69. The van der Waals surface area contributed by atoms with Gasteiger partial charge in [-0.25, -0.2) is 0 Å². The molecule has 1 unspecified atom stereocenters. The Hall–Kier alpha value is -1.39. The monoisotopic (exact) mass is 356 g/mol. The Morgan fingerprint density at radius 1 is 1.19 bits per heavy atom. The van der Waals surface area contributed by atoms with Gasteiger partial charge in [0.15, 0.2) is 0 Å². The Morgan fingerprint density at radius 2 is 1.96 bits per heavy atom. The van der Waals surface area contributed by atoms with Gasteiger partial charge in [-0.3, -0.25) is 9.69 Å². The summed E-state index contributed by atoms with van der Waals surface area (Å²) in [6, 6.07) is 10.9. The van der Waals surface area contributed by atoms with Crippen molar-refractivity contribution in [3.8, 4) is 0 Å². The van der Waals surface area contributed by atoms with Crippen LogP contribution in [0.2, 0.25) is 0 Å². The minimum atomic E-state index is 0.0904. The lowest BCUT2D eigenvalue weighted by Crippen LogP contribution is -2.58. The zero-order valence-electron chi connectivity index (χ0n) is 16.0. The third-order valence-corrected chi connectivity index (χ3v) is 6.80. The van der Waals surface area contributed by atoms with Gasteiger partial charge in [-0.2, -0.15) is 0 Å². The first-order valence-electron chi connectivity index (χ1n) is 10.3. The van der Waals surface area contributed by atoms with Crippen LogP contribution < -0.4 is 0 Å². The van der Waals surface area contributed by atoms with E-state index in [0.717, 1.165) is 31.4 Å². The summed E-state index contributed by atoms with van der Waals surface area (Å²) in [6.07, 6.45) is 8.75. The van der Waals surface area contributed by atoms with Crippen LogP contribution in [-0.2, 0) is 16.0 Å². The first kappa shape index (κ1) is 18.0. The molecule has 4 heteroatoms. The van der Waals surface area contributed by atoms with Crippen LogP contribution in [0.3, 0.4) is 0 Å². The van der Waals surface area contributed by atoms with E-state index in [1.54, 1.807) is 0 Å². The lowest BCUT2D eigenvalue weighted by atomic mass is 9.76. The number of ether oxygens (including phenoxy) is 1. The zero-order valence-corrected chi connectivity index (χ0v) is 16.0. The highest BCUT2D eigenvalue weighted by molar-refractivity contribution is 5.79. The third-order valence-electron chi connectivity index (χ3n) is 6.80. The minimum absolute atomic E-state index is 0.0904. The summed E-state index contributed by atoms with van der Waals surface area (Å²) in [5.41, 5.74) is 1.20. The predicted octanol–water partition coefficient (Wildman–Crippen LogP) is 3.25. The second-order valence-corrected chi connectivity index (χ2v) is 8.42. The van der Waals surface area contributed by atoms with Crippen LogP contribution in [0.4, 0.5) is 0 Å². The van der Waals surface area contributed by atoms with Crippen molar-refractivity contribution in [2.45, 2.75) is 69.1 Å². The lowest BCUT2D eigenvalue weighted by Gasteiger charge is -2.48. The summed E-state index contributed by atoms with van der Waals surface area (Å²) >= 11 is 0. The smallest absolute Gasteiger partial charge is 0.227 e. The number of carbonyl (C=O) groups excluding carboxylic acids is 1. The summed E-state index contributed by atoms with van der Waals surface area (Å²) in [6.45, 7) is 3.27. The molecule has 1 aliphatic carbocycles. The molecule has 0 bridgehead atoms. The normalized spacial score (nSPS) is 32.2. The molecule has 1 spiro atoms. The number of hydrogen-bond acceptors (Lipinski definition) is 3. The molecule has 0 N–H and O–H groups in total. The van der Waals surface area contributed by atoms with E-state index in [2.05, 4.69) is 9.80 Å². The first-order valence-corrected chi connectivity index (χ1v) is 10.3. The van der Waals surface area contributed by atoms with E-state index in [-0.39, 0.29) is 11.5 Å². The number of rotatable bonds is 4. The molecule has 142 valence electrons. The van der Waals surface area contributed by atoms with Gasteiger partial charge in [-0.05, 0) is 63.6 Å². The van der Waals surface area contributed by atoms with Crippen molar-refractivity contribution in [3.05, 3.63) is 35.9 Å². The van der Waals surface area contributed by atoms with Gasteiger partial charge in [-0.15, -0.1) is 0 Å². The minimum Gasteiger partial charge on any atom is -0.375 e. The van der Waals surface area contributed by atoms with Crippen LogP contribution in [0, 0.1) is 0 Å². The molecule has 1 amide bonds. The van der Waals surface area contributed by atoms with Crippen LogP contribution in [0.5, 0.6) is 0 Å². The number of likely N-dealkylation sites (N-methyl/N-ethyl adjacent to an activating group) is 1. The highest BCUT2D eigenvalue weighted by Crippen LogP contribution is 2.42. The van der Waals surface area contributed by atoms with Gasteiger partial charge in [0.25, 0.3) is 0 Å². The van der Waals surface area contributed by atoms with Gasteiger partial charge in [0.05, 0.1) is 12.0 Å². The molecule has 2 saturated heterocycles. The molecule has 4 rings (SSSR count). The lowest BCUT2D eigenvalue weighted by molar-refractivity contribution is -0.136. The van der Waals surface area contributed by atoms with Crippen molar-refractivity contribution in [1.29, 1.82) is 0 Å². The molecule has 1 saturated carbocycles. The molecule has 26 heavy (non-hydrogen) atoms. The van der Waals surface area contributed by atoms with Gasteiger partial charge < -0.3 is 9.64 Å².